The highest BCUT2D eigenvalue weighted by Gasteiger charge is 2.43. The standard InChI is InChI=1S/C26H23N5O/c1-2-11-29-25(5-1)26(17-20-4-3-15-31(20)30-26)23-10-14-28-24-16-21(6-7-22(23)24)32-18-19-8-12-27-13-9-19/h1-2,5-14,16-17,30H,3-4,15,18H2. The highest BCUT2D eigenvalue weighted by atomic mass is 16.5. The molecule has 0 amide bonds. The van der Waals surface area contributed by atoms with E-state index in [0.717, 1.165) is 46.4 Å². The smallest absolute Gasteiger partial charge is 0.125 e. The van der Waals surface area contributed by atoms with Crippen LogP contribution in [0.5, 0.6) is 5.75 Å². The summed E-state index contributed by atoms with van der Waals surface area (Å²) in [4.78, 5) is 13.4. The Labute approximate surface area is 186 Å². The Bertz CT molecular complexity index is 1290. The normalized spacial score (nSPS) is 19.8. The van der Waals surface area contributed by atoms with Crippen LogP contribution in [-0.4, -0.2) is 26.5 Å². The van der Waals surface area contributed by atoms with E-state index in [-0.39, 0.29) is 0 Å². The van der Waals surface area contributed by atoms with Gasteiger partial charge in [-0.2, -0.15) is 0 Å². The van der Waals surface area contributed by atoms with E-state index >= 15 is 0 Å². The molecular formula is C26H23N5O. The average molecular weight is 422 g/mol. The van der Waals surface area contributed by atoms with Crippen LogP contribution in [-0.2, 0) is 12.1 Å². The van der Waals surface area contributed by atoms with E-state index in [0.29, 0.717) is 6.61 Å². The number of hydrogen-bond donors (Lipinski definition) is 1. The van der Waals surface area contributed by atoms with Gasteiger partial charge in [0.05, 0.1) is 11.2 Å². The lowest BCUT2D eigenvalue weighted by Crippen LogP contribution is -2.45. The molecule has 1 aromatic carbocycles. The lowest BCUT2D eigenvalue weighted by molar-refractivity contribution is 0.247. The summed E-state index contributed by atoms with van der Waals surface area (Å²) in [6, 6.07) is 18.2. The number of nitrogens with zero attached hydrogens (tertiary/aromatic N) is 4. The summed E-state index contributed by atoms with van der Waals surface area (Å²) in [6.07, 6.45) is 11.9. The van der Waals surface area contributed by atoms with Crippen molar-refractivity contribution in [3.63, 3.8) is 0 Å². The van der Waals surface area contributed by atoms with Crippen LogP contribution in [0, 0.1) is 0 Å². The minimum Gasteiger partial charge on any atom is -0.489 e. The number of ether oxygens (including phenoxy) is 1. The van der Waals surface area contributed by atoms with E-state index in [1.54, 1.807) is 12.4 Å². The Balaban J connectivity index is 1.41. The fraction of sp³-hybridized carbons (Fsp3) is 0.192. The number of fused-ring (bicyclic) bond motifs is 2. The number of allylic oxidation sites excluding steroid dienone is 1. The fourth-order valence-electron chi connectivity index (χ4n) is 4.68. The first kappa shape index (κ1) is 19.0. The first-order valence-electron chi connectivity index (χ1n) is 10.9. The van der Waals surface area contributed by atoms with Crippen molar-refractivity contribution in [2.24, 2.45) is 0 Å². The topological polar surface area (TPSA) is 63.2 Å². The lowest BCUT2D eigenvalue weighted by Gasteiger charge is -2.31. The fourth-order valence-corrected chi connectivity index (χ4v) is 4.68. The Kier molecular flexibility index (Phi) is 4.58. The molecule has 1 atom stereocenters. The van der Waals surface area contributed by atoms with Crippen molar-refractivity contribution in [1.82, 2.24) is 25.4 Å². The molecule has 0 bridgehead atoms. The molecule has 1 saturated heterocycles. The van der Waals surface area contributed by atoms with E-state index in [1.807, 2.05) is 48.8 Å². The van der Waals surface area contributed by atoms with Gasteiger partial charge in [-0.1, -0.05) is 6.07 Å². The molecule has 6 heteroatoms. The molecule has 6 rings (SSSR count). The van der Waals surface area contributed by atoms with Crippen molar-refractivity contribution >= 4 is 10.9 Å². The Morgan fingerprint density at radius 2 is 1.91 bits per heavy atom. The van der Waals surface area contributed by atoms with E-state index in [1.165, 1.54) is 12.1 Å². The number of aromatic nitrogens is 3. The molecule has 1 unspecified atom stereocenters. The average Bonchev–Trinajstić information content (AvgIpc) is 3.44. The lowest BCUT2D eigenvalue weighted by atomic mass is 9.84. The quantitative estimate of drug-likeness (QED) is 0.517. The minimum atomic E-state index is -0.516. The zero-order chi connectivity index (χ0) is 21.4. The minimum absolute atomic E-state index is 0.494. The predicted octanol–water partition coefficient (Wildman–Crippen LogP) is 4.35. The molecule has 0 saturated carbocycles. The summed E-state index contributed by atoms with van der Waals surface area (Å²) in [5.41, 5.74) is 8.68. The second-order valence-electron chi connectivity index (χ2n) is 8.21. The molecule has 5 heterocycles. The first-order chi connectivity index (χ1) is 15.8. The van der Waals surface area contributed by atoms with Crippen LogP contribution >= 0.6 is 0 Å². The molecule has 2 aliphatic rings. The van der Waals surface area contributed by atoms with Crippen molar-refractivity contribution in [2.75, 3.05) is 6.54 Å². The first-order valence-corrected chi connectivity index (χ1v) is 10.9. The molecule has 32 heavy (non-hydrogen) atoms. The van der Waals surface area contributed by atoms with E-state index in [9.17, 15) is 0 Å². The van der Waals surface area contributed by atoms with Gasteiger partial charge in [0.15, 0.2) is 0 Å². The van der Waals surface area contributed by atoms with Crippen LogP contribution in [0.4, 0.5) is 0 Å². The summed E-state index contributed by atoms with van der Waals surface area (Å²) >= 11 is 0. The molecule has 2 aliphatic heterocycles. The van der Waals surface area contributed by atoms with E-state index in [2.05, 4.69) is 44.7 Å². The third-order valence-electron chi connectivity index (χ3n) is 6.22. The Hall–Kier alpha value is -3.77. The third kappa shape index (κ3) is 3.20. The summed E-state index contributed by atoms with van der Waals surface area (Å²) < 4.78 is 6.02. The van der Waals surface area contributed by atoms with Crippen LogP contribution in [0.15, 0.2) is 91.2 Å². The highest BCUT2D eigenvalue weighted by molar-refractivity contribution is 5.85. The third-order valence-corrected chi connectivity index (χ3v) is 6.22. The van der Waals surface area contributed by atoms with Gasteiger partial charge in [-0.25, -0.2) is 5.43 Å². The number of nitrogens with one attached hydrogen (secondary N) is 1. The van der Waals surface area contributed by atoms with Crippen LogP contribution in [0.25, 0.3) is 10.9 Å². The second-order valence-corrected chi connectivity index (χ2v) is 8.21. The van der Waals surface area contributed by atoms with E-state index < -0.39 is 5.54 Å². The molecule has 1 fully saturated rings. The van der Waals surface area contributed by atoms with Crippen molar-refractivity contribution < 1.29 is 4.74 Å². The number of hydrogen-bond acceptors (Lipinski definition) is 6. The SMILES string of the molecule is C1=C2CCCN2NC1(c1ccccn1)c1ccnc2cc(OCc3ccncc3)ccc12. The van der Waals surface area contributed by atoms with Crippen molar-refractivity contribution in [2.45, 2.75) is 25.0 Å². The molecule has 0 radical (unpaired) electrons. The van der Waals surface area contributed by atoms with Crippen LogP contribution in [0.2, 0.25) is 0 Å². The molecular weight excluding hydrogens is 398 g/mol. The second kappa shape index (κ2) is 7.73. The van der Waals surface area contributed by atoms with Gasteiger partial charge in [0.2, 0.25) is 0 Å². The van der Waals surface area contributed by atoms with Gasteiger partial charge in [-0.3, -0.25) is 15.0 Å². The molecule has 0 aliphatic carbocycles. The Morgan fingerprint density at radius 1 is 0.969 bits per heavy atom. The number of benzene rings is 1. The van der Waals surface area contributed by atoms with Gasteiger partial charge >= 0.3 is 0 Å². The number of hydrazine groups is 1. The van der Waals surface area contributed by atoms with Gasteiger partial charge in [-0.15, -0.1) is 0 Å². The molecule has 3 aromatic heterocycles. The zero-order valence-corrected chi connectivity index (χ0v) is 17.6. The Morgan fingerprint density at radius 3 is 2.75 bits per heavy atom. The van der Waals surface area contributed by atoms with Gasteiger partial charge < -0.3 is 9.75 Å². The van der Waals surface area contributed by atoms with Gasteiger partial charge in [0.1, 0.15) is 17.9 Å². The van der Waals surface area contributed by atoms with E-state index in [4.69, 9.17) is 9.72 Å². The molecule has 0 spiro atoms. The highest BCUT2D eigenvalue weighted by Crippen LogP contribution is 2.42. The van der Waals surface area contributed by atoms with Crippen molar-refractivity contribution in [3.05, 3.63) is 108 Å². The molecule has 4 aromatic rings. The maximum absolute atomic E-state index is 6.02. The number of rotatable bonds is 5. The molecule has 1 N–H and O–H groups in total. The largest absolute Gasteiger partial charge is 0.489 e. The van der Waals surface area contributed by atoms with Gasteiger partial charge in [0.25, 0.3) is 0 Å². The zero-order valence-electron chi connectivity index (χ0n) is 17.6. The maximum Gasteiger partial charge on any atom is 0.125 e. The summed E-state index contributed by atoms with van der Waals surface area (Å²) in [7, 11) is 0. The summed E-state index contributed by atoms with van der Waals surface area (Å²) in [6.45, 7) is 1.50. The van der Waals surface area contributed by atoms with Crippen LogP contribution in [0.3, 0.4) is 0 Å². The predicted molar refractivity (Wildman–Crippen MR) is 122 cm³/mol. The summed E-state index contributed by atoms with van der Waals surface area (Å²) in [5, 5.41) is 3.35. The maximum atomic E-state index is 6.02. The van der Waals surface area contributed by atoms with Crippen LogP contribution < -0.4 is 10.2 Å². The molecule has 158 valence electrons. The number of pyridine rings is 3. The van der Waals surface area contributed by atoms with Gasteiger partial charge in [0, 0.05) is 48.5 Å². The van der Waals surface area contributed by atoms with Crippen LogP contribution in [0.1, 0.15) is 29.7 Å². The molecule has 6 nitrogen and oxygen atoms in total. The van der Waals surface area contributed by atoms with Crippen molar-refractivity contribution in [1.29, 1.82) is 0 Å². The van der Waals surface area contributed by atoms with Gasteiger partial charge in [-0.05, 0) is 72.5 Å². The summed E-state index contributed by atoms with van der Waals surface area (Å²) in [5.74, 6) is 0.796. The monoisotopic (exact) mass is 421 g/mol. The van der Waals surface area contributed by atoms with Crippen molar-refractivity contribution in [3.8, 4) is 5.75 Å².